The van der Waals surface area contributed by atoms with Crippen molar-refractivity contribution >= 4 is 0 Å². The third kappa shape index (κ3) is 2.54. The molecule has 0 amide bonds. The molecule has 0 N–H and O–H groups in total. The van der Waals surface area contributed by atoms with Gasteiger partial charge in [-0.1, -0.05) is 19.1 Å². The Morgan fingerprint density at radius 1 is 1.07 bits per heavy atom. The van der Waals surface area contributed by atoms with Crippen molar-refractivity contribution in [1.29, 1.82) is 0 Å². The Bertz CT molecular complexity index is 304. The largest absolute Gasteiger partial charge is 0.416 e. The summed E-state index contributed by atoms with van der Waals surface area (Å²) in [6.45, 7) is 1.14. The summed E-state index contributed by atoms with van der Waals surface area (Å²) in [5.74, 6) is -1.15. The van der Waals surface area contributed by atoms with E-state index >= 15 is 0 Å². The molecule has 15 heavy (non-hydrogen) atoms. The van der Waals surface area contributed by atoms with E-state index in [0.29, 0.717) is 6.08 Å². The molecule has 0 aromatic rings. The molecule has 0 saturated heterocycles. The zero-order chi connectivity index (χ0) is 11.9. The predicted octanol–water partition coefficient (Wildman–Crippen LogP) is 4.00. The maximum absolute atomic E-state index is 12.4. The van der Waals surface area contributed by atoms with E-state index in [1.54, 1.807) is 0 Å². The second kappa shape index (κ2) is 3.57. The predicted molar refractivity (Wildman–Crippen MR) is 42.1 cm³/mol. The van der Waals surface area contributed by atoms with Crippen molar-refractivity contribution < 1.29 is 26.3 Å². The normalized spacial score (nSPS) is 23.5. The molecule has 1 aliphatic rings. The molecule has 0 aromatic carbocycles. The van der Waals surface area contributed by atoms with E-state index in [2.05, 4.69) is 0 Å². The van der Waals surface area contributed by atoms with Gasteiger partial charge >= 0.3 is 12.4 Å². The van der Waals surface area contributed by atoms with Gasteiger partial charge in [-0.15, -0.1) is 0 Å². The zero-order valence-electron chi connectivity index (χ0n) is 7.71. The van der Waals surface area contributed by atoms with Gasteiger partial charge in [0.05, 0.1) is 5.57 Å². The van der Waals surface area contributed by atoms with E-state index in [1.807, 2.05) is 0 Å². The van der Waals surface area contributed by atoms with E-state index in [4.69, 9.17) is 0 Å². The van der Waals surface area contributed by atoms with E-state index in [1.165, 1.54) is 0 Å². The Labute approximate surface area is 82.3 Å². The first kappa shape index (κ1) is 12.1. The molecule has 0 bridgehead atoms. The number of alkyl halides is 6. The fourth-order valence-electron chi connectivity index (χ4n) is 1.54. The molecular weight excluding hydrogens is 222 g/mol. The average molecular weight is 230 g/mol. The summed E-state index contributed by atoms with van der Waals surface area (Å²) in [4.78, 5) is 0. The van der Waals surface area contributed by atoms with Crippen molar-refractivity contribution in [2.75, 3.05) is 0 Å². The van der Waals surface area contributed by atoms with Crippen LogP contribution in [0.3, 0.4) is 0 Å². The molecule has 0 saturated carbocycles. The van der Waals surface area contributed by atoms with Gasteiger partial charge in [0.15, 0.2) is 0 Å². The molecular formula is C9H8F6. The van der Waals surface area contributed by atoms with Gasteiger partial charge < -0.3 is 0 Å². The number of hydrogen-bond acceptors (Lipinski definition) is 0. The quantitative estimate of drug-likeness (QED) is 0.551. The van der Waals surface area contributed by atoms with Gasteiger partial charge in [0.1, 0.15) is 0 Å². The molecule has 0 heterocycles. The van der Waals surface area contributed by atoms with Crippen LogP contribution in [0.4, 0.5) is 26.3 Å². The van der Waals surface area contributed by atoms with Crippen molar-refractivity contribution in [2.45, 2.75) is 25.7 Å². The number of hydrogen-bond donors (Lipinski definition) is 0. The molecule has 0 aliphatic heterocycles. The molecule has 6 heteroatoms. The standard InChI is InChI=1S/C9H8F6/c1-5-3-2-4-6(8(10,11)12)7(5)9(13,14)15/h2,4-5H,3H2,1H3. The van der Waals surface area contributed by atoms with E-state index in [0.717, 1.165) is 13.0 Å². The Balaban J connectivity index is 3.30. The van der Waals surface area contributed by atoms with Crippen molar-refractivity contribution in [3.05, 3.63) is 23.3 Å². The smallest absolute Gasteiger partial charge is 0.166 e. The van der Waals surface area contributed by atoms with Crippen LogP contribution < -0.4 is 0 Å². The van der Waals surface area contributed by atoms with Crippen molar-refractivity contribution in [1.82, 2.24) is 0 Å². The van der Waals surface area contributed by atoms with Gasteiger partial charge in [-0.2, -0.15) is 26.3 Å². The Hall–Kier alpha value is -0.940. The summed E-state index contributed by atoms with van der Waals surface area (Å²) >= 11 is 0. The zero-order valence-corrected chi connectivity index (χ0v) is 7.71. The molecule has 86 valence electrons. The van der Waals surface area contributed by atoms with Gasteiger partial charge in [-0.3, -0.25) is 0 Å². The highest BCUT2D eigenvalue weighted by atomic mass is 19.4. The first-order chi connectivity index (χ1) is 6.64. The highest BCUT2D eigenvalue weighted by molar-refractivity contribution is 5.37. The van der Waals surface area contributed by atoms with Crippen molar-refractivity contribution in [3.63, 3.8) is 0 Å². The van der Waals surface area contributed by atoms with Crippen LogP contribution in [-0.4, -0.2) is 12.4 Å². The highest BCUT2D eigenvalue weighted by Crippen LogP contribution is 2.43. The molecule has 0 fully saturated rings. The molecule has 1 aliphatic carbocycles. The summed E-state index contributed by atoms with van der Waals surface area (Å²) in [7, 11) is 0. The van der Waals surface area contributed by atoms with E-state index in [9.17, 15) is 26.3 Å². The lowest BCUT2D eigenvalue weighted by atomic mass is 9.87. The third-order valence-electron chi connectivity index (χ3n) is 2.17. The van der Waals surface area contributed by atoms with Crippen LogP contribution in [0.1, 0.15) is 13.3 Å². The minimum atomic E-state index is -4.95. The monoisotopic (exact) mass is 230 g/mol. The fourth-order valence-corrected chi connectivity index (χ4v) is 1.54. The van der Waals surface area contributed by atoms with Crippen LogP contribution in [0.25, 0.3) is 0 Å². The summed E-state index contributed by atoms with van der Waals surface area (Å²) in [5, 5.41) is 0. The molecule has 0 aromatic heterocycles. The van der Waals surface area contributed by atoms with E-state index < -0.39 is 29.4 Å². The van der Waals surface area contributed by atoms with Crippen LogP contribution in [0.2, 0.25) is 0 Å². The van der Waals surface area contributed by atoms with Crippen molar-refractivity contribution in [3.8, 4) is 0 Å². The molecule has 0 spiro atoms. The fraction of sp³-hybridized carbons (Fsp3) is 0.556. The minimum Gasteiger partial charge on any atom is -0.166 e. The lowest BCUT2D eigenvalue weighted by Crippen LogP contribution is -2.27. The molecule has 1 unspecified atom stereocenters. The molecule has 0 nitrogen and oxygen atoms in total. The summed E-state index contributed by atoms with van der Waals surface area (Å²) < 4.78 is 74.0. The van der Waals surface area contributed by atoms with Gasteiger partial charge in [0.25, 0.3) is 0 Å². The average Bonchev–Trinajstić information content (AvgIpc) is 1.99. The molecule has 1 atom stereocenters. The highest BCUT2D eigenvalue weighted by Gasteiger charge is 2.46. The topological polar surface area (TPSA) is 0 Å². The summed E-state index contributed by atoms with van der Waals surface area (Å²) in [5.41, 5.74) is -3.05. The van der Waals surface area contributed by atoms with Gasteiger partial charge in [-0.25, -0.2) is 0 Å². The minimum absolute atomic E-state index is 0.0194. The Morgan fingerprint density at radius 2 is 1.60 bits per heavy atom. The van der Waals surface area contributed by atoms with Crippen LogP contribution in [0, 0.1) is 5.92 Å². The van der Waals surface area contributed by atoms with Crippen LogP contribution in [0.15, 0.2) is 23.3 Å². The van der Waals surface area contributed by atoms with E-state index in [-0.39, 0.29) is 6.42 Å². The number of allylic oxidation sites excluding steroid dienone is 4. The van der Waals surface area contributed by atoms with Gasteiger partial charge in [-0.05, 0) is 12.3 Å². The van der Waals surface area contributed by atoms with Crippen LogP contribution in [-0.2, 0) is 0 Å². The Kier molecular flexibility index (Phi) is 2.89. The van der Waals surface area contributed by atoms with Crippen LogP contribution in [0.5, 0.6) is 0 Å². The lowest BCUT2D eigenvalue weighted by Gasteiger charge is -2.25. The first-order valence-corrected chi connectivity index (χ1v) is 4.19. The third-order valence-corrected chi connectivity index (χ3v) is 2.17. The summed E-state index contributed by atoms with van der Waals surface area (Å²) in [6.07, 6.45) is -8.27. The SMILES string of the molecule is CC1CC=CC(C(F)(F)F)=C1C(F)(F)F. The second-order valence-electron chi connectivity index (χ2n) is 3.36. The van der Waals surface area contributed by atoms with Crippen LogP contribution >= 0.6 is 0 Å². The Morgan fingerprint density at radius 3 is 1.93 bits per heavy atom. The van der Waals surface area contributed by atoms with Gasteiger partial charge in [0.2, 0.25) is 0 Å². The maximum Gasteiger partial charge on any atom is 0.416 e. The first-order valence-electron chi connectivity index (χ1n) is 4.19. The molecule has 1 rings (SSSR count). The summed E-state index contributed by atoms with van der Waals surface area (Å²) in [6, 6.07) is 0. The molecule has 0 radical (unpaired) electrons. The van der Waals surface area contributed by atoms with Crippen molar-refractivity contribution in [2.24, 2.45) is 5.92 Å². The lowest BCUT2D eigenvalue weighted by molar-refractivity contribution is -0.118. The number of rotatable bonds is 0. The maximum atomic E-state index is 12.4. The van der Waals surface area contributed by atoms with Gasteiger partial charge in [0, 0.05) is 5.57 Å². The number of halogens is 6. The second-order valence-corrected chi connectivity index (χ2v) is 3.36.